The number of fused-ring (bicyclic) bond motifs is 2. The van der Waals surface area contributed by atoms with Gasteiger partial charge in [-0.3, -0.25) is 14.4 Å². The van der Waals surface area contributed by atoms with Gasteiger partial charge < -0.3 is 24.5 Å². The molecule has 2 aromatic carbocycles. The van der Waals surface area contributed by atoms with Crippen molar-refractivity contribution in [2.24, 2.45) is 0 Å². The second-order valence-electron chi connectivity index (χ2n) is 8.40. The van der Waals surface area contributed by atoms with E-state index >= 15 is 0 Å². The van der Waals surface area contributed by atoms with Gasteiger partial charge in [-0.2, -0.15) is 0 Å². The fraction of sp³-hybridized carbons (Fsp3) is 0.273. The molecule has 0 amide bonds. The van der Waals surface area contributed by atoms with Crippen molar-refractivity contribution in [2.75, 3.05) is 27.7 Å². The first kappa shape index (κ1) is 22.0. The molecule has 3 rings (SSSR count). The standard InChI is InChI=1S/C22H21NO8/c1-23(2,3)10-13(9-18(25)26)31-12-7-16-19(17(24)8-12)21(28)14-5-4-11(22(29)30)6-15(14)20(16)27/h4-8,13H,9-10H2,1-3H3,(H2-,24,25,26,28,29,30)/p+1. The molecule has 3 N–H and O–H groups in total. The van der Waals surface area contributed by atoms with Gasteiger partial charge in [-0.15, -0.1) is 0 Å². The second kappa shape index (κ2) is 7.84. The summed E-state index contributed by atoms with van der Waals surface area (Å²) in [6.45, 7) is 0.335. The molecular weight excluding hydrogens is 406 g/mol. The van der Waals surface area contributed by atoms with Gasteiger partial charge in [0.15, 0.2) is 17.7 Å². The Morgan fingerprint density at radius 2 is 1.65 bits per heavy atom. The average molecular weight is 428 g/mol. The zero-order chi connectivity index (χ0) is 23.1. The molecule has 0 fully saturated rings. The zero-order valence-electron chi connectivity index (χ0n) is 17.2. The Morgan fingerprint density at radius 1 is 0.968 bits per heavy atom. The van der Waals surface area contributed by atoms with E-state index in [1.54, 1.807) is 0 Å². The highest BCUT2D eigenvalue weighted by atomic mass is 16.5. The van der Waals surface area contributed by atoms with Crippen LogP contribution in [0.15, 0.2) is 30.3 Å². The number of phenolic OH excluding ortho intramolecular Hbond substituents is 1. The monoisotopic (exact) mass is 428 g/mol. The van der Waals surface area contributed by atoms with Crippen LogP contribution in [0.2, 0.25) is 0 Å². The number of aliphatic carboxylic acids is 1. The van der Waals surface area contributed by atoms with Crippen LogP contribution in [0, 0.1) is 0 Å². The molecular formula is C22H22NO8+. The van der Waals surface area contributed by atoms with Crippen LogP contribution < -0.4 is 4.74 Å². The van der Waals surface area contributed by atoms with Crippen molar-refractivity contribution in [3.63, 3.8) is 0 Å². The molecule has 1 atom stereocenters. The molecule has 1 unspecified atom stereocenters. The number of quaternary nitrogens is 1. The molecule has 9 heteroatoms. The molecule has 0 spiro atoms. The third-order valence-corrected chi connectivity index (χ3v) is 4.77. The molecule has 0 bridgehead atoms. The average Bonchev–Trinajstić information content (AvgIpc) is 2.63. The lowest BCUT2D eigenvalue weighted by Gasteiger charge is -2.29. The Bertz CT molecular complexity index is 1110. The number of phenols is 1. The van der Waals surface area contributed by atoms with Gasteiger partial charge in [-0.1, -0.05) is 0 Å². The summed E-state index contributed by atoms with van der Waals surface area (Å²) in [6.07, 6.45) is -1.05. The summed E-state index contributed by atoms with van der Waals surface area (Å²) in [5, 5.41) is 28.8. The Hall–Kier alpha value is -3.72. The van der Waals surface area contributed by atoms with Crippen molar-refractivity contribution < 1.29 is 43.7 Å². The van der Waals surface area contributed by atoms with Crippen LogP contribution >= 0.6 is 0 Å². The molecule has 0 saturated carbocycles. The smallest absolute Gasteiger partial charge is 0.335 e. The first-order chi connectivity index (χ1) is 14.4. The number of aromatic hydroxyl groups is 1. The van der Waals surface area contributed by atoms with Gasteiger partial charge >= 0.3 is 11.9 Å². The summed E-state index contributed by atoms with van der Waals surface area (Å²) in [6, 6.07) is 6.03. The van der Waals surface area contributed by atoms with E-state index in [0.717, 1.165) is 6.07 Å². The van der Waals surface area contributed by atoms with E-state index < -0.39 is 35.4 Å². The van der Waals surface area contributed by atoms with E-state index in [1.807, 2.05) is 21.1 Å². The third kappa shape index (κ3) is 4.56. The van der Waals surface area contributed by atoms with Gasteiger partial charge in [-0.05, 0) is 24.3 Å². The van der Waals surface area contributed by atoms with E-state index in [2.05, 4.69) is 0 Å². The summed E-state index contributed by atoms with van der Waals surface area (Å²) < 4.78 is 6.18. The summed E-state index contributed by atoms with van der Waals surface area (Å²) in [7, 11) is 5.59. The Kier molecular flexibility index (Phi) is 5.56. The molecule has 0 aromatic heterocycles. The molecule has 31 heavy (non-hydrogen) atoms. The number of carboxylic acids is 2. The lowest BCUT2D eigenvalue weighted by Crippen LogP contribution is -2.44. The first-order valence-corrected chi connectivity index (χ1v) is 9.40. The quantitative estimate of drug-likeness (QED) is 0.484. The van der Waals surface area contributed by atoms with Crippen molar-refractivity contribution in [2.45, 2.75) is 12.5 Å². The van der Waals surface area contributed by atoms with Crippen LogP contribution in [0.25, 0.3) is 0 Å². The van der Waals surface area contributed by atoms with Gasteiger partial charge in [-0.25, -0.2) is 4.79 Å². The summed E-state index contributed by atoms with van der Waals surface area (Å²) in [5.74, 6) is -3.99. The molecule has 1 aliphatic carbocycles. The lowest BCUT2D eigenvalue weighted by atomic mass is 9.82. The third-order valence-electron chi connectivity index (χ3n) is 4.77. The Labute approximate surface area is 177 Å². The number of ketones is 2. The van der Waals surface area contributed by atoms with E-state index in [1.165, 1.54) is 24.3 Å². The van der Waals surface area contributed by atoms with Crippen molar-refractivity contribution in [3.8, 4) is 11.5 Å². The Balaban J connectivity index is 2.03. The van der Waals surface area contributed by atoms with Gasteiger partial charge in [0.1, 0.15) is 18.0 Å². The SMILES string of the molecule is C[N+](C)(C)CC(CC(=O)O)Oc1cc(O)c2c(c1)C(=O)c1cc(C(=O)O)ccc1C2=O. The molecule has 2 aromatic rings. The maximum atomic E-state index is 13.0. The fourth-order valence-electron chi connectivity index (χ4n) is 3.57. The summed E-state index contributed by atoms with van der Waals surface area (Å²) in [5.41, 5.74) is -0.559. The predicted octanol–water partition coefficient (Wildman–Crippen LogP) is 1.79. The predicted molar refractivity (Wildman–Crippen MR) is 108 cm³/mol. The molecule has 0 radical (unpaired) electrons. The fourth-order valence-corrected chi connectivity index (χ4v) is 3.57. The molecule has 162 valence electrons. The van der Waals surface area contributed by atoms with Crippen LogP contribution in [-0.4, -0.2) is 77.1 Å². The summed E-state index contributed by atoms with van der Waals surface area (Å²) >= 11 is 0. The van der Waals surface area contributed by atoms with Crippen molar-refractivity contribution >= 4 is 23.5 Å². The second-order valence-corrected chi connectivity index (χ2v) is 8.40. The van der Waals surface area contributed by atoms with Crippen molar-refractivity contribution in [1.29, 1.82) is 0 Å². The highest BCUT2D eigenvalue weighted by Crippen LogP contribution is 2.36. The Morgan fingerprint density at radius 3 is 2.23 bits per heavy atom. The number of carboxylic acid groups (broad SMARTS) is 2. The highest BCUT2D eigenvalue weighted by Gasteiger charge is 2.34. The number of rotatable bonds is 7. The number of likely N-dealkylation sites (N-methyl/N-ethyl adjacent to an activating group) is 1. The number of hydrogen-bond donors (Lipinski definition) is 3. The number of benzene rings is 2. The van der Waals surface area contributed by atoms with Crippen molar-refractivity contribution in [1.82, 2.24) is 0 Å². The normalized spacial score (nSPS) is 13.9. The summed E-state index contributed by atoms with van der Waals surface area (Å²) in [4.78, 5) is 48.3. The number of ether oxygens (including phenoxy) is 1. The minimum Gasteiger partial charge on any atom is -0.507 e. The van der Waals surface area contributed by atoms with Crippen LogP contribution in [0.4, 0.5) is 0 Å². The number of hydrogen-bond acceptors (Lipinski definition) is 6. The van der Waals surface area contributed by atoms with Crippen LogP contribution in [0.3, 0.4) is 0 Å². The number of aromatic carboxylic acids is 1. The largest absolute Gasteiger partial charge is 0.507 e. The van der Waals surface area contributed by atoms with Gasteiger partial charge in [0.25, 0.3) is 0 Å². The topological polar surface area (TPSA) is 138 Å². The van der Waals surface area contributed by atoms with E-state index in [9.17, 15) is 34.5 Å². The zero-order valence-corrected chi connectivity index (χ0v) is 17.2. The minimum absolute atomic E-state index is 0.000236. The van der Waals surface area contributed by atoms with Gasteiger partial charge in [0.2, 0.25) is 0 Å². The number of nitrogens with zero attached hydrogens (tertiary/aromatic N) is 1. The maximum Gasteiger partial charge on any atom is 0.335 e. The maximum absolute atomic E-state index is 13.0. The minimum atomic E-state index is -1.24. The van der Waals surface area contributed by atoms with Crippen molar-refractivity contribution in [3.05, 3.63) is 58.1 Å². The molecule has 0 aliphatic heterocycles. The van der Waals surface area contributed by atoms with Crippen LogP contribution in [-0.2, 0) is 4.79 Å². The first-order valence-electron chi connectivity index (χ1n) is 9.40. The van der Waals surface area contributed by atoms with Crippen LogP contribution in [0.1, 0.15) is 48.6 Å². The highest BCUT2D eigenvalue weighted by molar-refractivity contribution is 6.29. The molecule has 0 heterocycles. The van der Waals surface area contributed by atoms with Gasteiger partial charge in [0, 0.05) is 22.8 Å². The molecule has 9 nitrogen and oxygen atoms in total. The van der Waals surface area contributed by atoms with E-state index in [4.69, 9.17) is 4.74 Å². The van der Waals surface area contributed by atoms with Gasteiger partial charge in [0.05, 0.1) is 38.7 Å². The molecule has 1 aliphatic rings. The number of carbonyl (C=O) groups excluding carboxylic acids is 2. The van der Waals surface area contributed by atoms with Crippen LogP contribution in [0.5, 0.6) is 11.5 Å². The van der Waals surface area contributed by atoms with E-state index in [-0.39, 0.29) is 40.0 Å². The number of carbonyl (C=O) groups is 4. The molecule has 0 saturated heterocycles. The lowest BCUT2D eigenvalue weighted by molar-refractivity contribution is -0.873. The van der Waals surface area contributed by atoms with E-state index in [0.29, 0.717) is 11.0 Å².